The molecule has 0 radical (unpaired) electrons. The van der Waals surface area contributed by atoms with E-state index in [0.29, 0.717) is 26.1 Å². The molecule has 0 saturated heterocycles. The number of hydrogen-bond acceptors (Lipinski definition) is 4. The summed E-state index contributed by atoms with van der Waals surface area (Å²) in [6.45, 7) is 2.95. The van der Waals surface area contributed by atoms with Crippen molar-refractivity contribution in [3.8, 4) is 0 Å². The van der Waals surface area contributed by atoms with Gasteiger partial charge in [0.15, 0.2) is 17.4 Å². The molecular formula is C23H21F2N3O3. The van der Waals surface area contributed by atoms with E-state index in [1.165, 1.54) is 18.4 Å². The molecule has 0 atom stereocenters. The van der Waals surface area contributed by atoms with E-state index in [4.69, 9.17) is 4.42 Å². The molecule has 0 unspecified atom stereocenters. The van der Waals surface area contributed by atoms with E-state index in [-0.39, 0.29) is 29.6 Å². The molecule has 31 heavy (non-hydrogen) atoms. The zero-order chi connectivity index (χ0) is 22.0. The lowest BCUT2D eigenvalue weighted by Crippen LogP contribution is -2.38. The molecule has 1 aliphatic rings. The second-order valence-corrected chi connectivity index (χ2v) is 7.44. The van der Waals surface area contributed by atoms with Gasteiger partial charge in [-0.05, 0) is 48.2 Å². The van der Waals surface area contributed by atoms with Crippen LogP contribution in [-0.4, -0.2) is 28.2 Å². The number of pyridine rings is 1. The van der Waals surface area contributed by atoms with Gasteiger partial charge in [0.1, 0.15) is 0 Å². The number of carbonyl (C=O) groups is 2. The second-order valence-electron chi connectivity index (χ2n) is 7.44. The Kier molecular flexibility index (Phi) is 5.79. The highest BCUT2D eigenvalue weighted by molar-refractivity contribution is 5.91. The molecule has 0 bridgehead atoms. The molecule has 2 amide bonds. The summed E-state index contributed by atoms with van der Waals surface area (Å²) in [4.78, 5) is 30.9. The van der Waals surface area contributed by atoms with Gasteiger partial charge in [0, 0.05) is 37.1 Å². The molecule has 3 aromatic rings. The highest BCUT2D eigenvalue weighted by Gasteiger charge is 2.25. The van der Waals surface area contributed by atoms with Crippen LogP contribution in [0.4, 0.5) is 8.78 Å². The van der Waals surface area contributed by atoms with Crippen LogP contribution in [0.25, 0.3) is 0 Å². The molecular weight excluding hydrogens is 404 g/mol. The fraction of sp³-hybridized carbons (Fsp3) is 0.261. The van der Waals surface area contributed by atoms with Gasteiger partial charge in [-0.25, -0.2) is 8.78 Å². The zero-order valence-electron chi connectivity index (χ0n) is 17.0. The molecule has 1 N–H and O–H groups in total. The Labute approximate surface area is 177 Å². The van der Waals surface area contributed by atoms with E-state index in [1.54, 1.807) is 23.2 Å². The average molecular weight is 425 g/mol. The molecule has 2 aromatic heterocycles. The number of hydrogen-bond donors (Lipinski definition) is 1. The molecule has 0 aliphatic carbocycles. The van der Waals surface area contributed by atoms with Crippen LogP contribution in [0, 0.1) is 18.6 Å². The Balaban J connectivity index is 1.47. The van der Waals surface area contributed by atoms with E-state index in [0.717, 1.165) is 28.5 Å². The largest absolute Gasteiger partial charge is 0.459 e. The maximum absolute atomic E-state index is 13.9. The van der Waals surface area contributed by atoms with Crippen molar-refractivity contribution in [2.24, 2.45) is 0 Å². The Morgan fingerprint density at radius 1 is 1.23 bits per heavy atom. The number of amides is 2. The first-order valence-electron chi connectivity index (χ1n) is 9.92. The Morgan fingerprint density at radius 3 is 2.84 bits per heavy atom. The summed E-state index contributed by atoms with van der Waals surface area (Å²) >= 11 is 0. The maximum Gasteiger partial charge on any atom is 0.287 e. The number of rotatable bonds is 5. The number of nitrogens with zero attached hydrogens (tertiary/aromatic N) is 2. The standard InChI is InChI=1S/C23H21F2N3O3/c1-14-18(12-27-23(30)20-6-3-9-31-20)17-7-8-28(13-16(17)11-26-14)21(29)10-15-4-2-5-19(24)22(15)25/h2-6,9,11H,7-8,10,12-13H2,1H3,(H,27,30). The average Bonchev–Trinajstić information content (AvgIpc) is 3.31. The third-order valence-electron chi connectivity index (χ3n) is 5.49. The topological polar surface area (TPSA) is 75.4 Å². The van der Waals surface area contributed by atoms with E-state index in [1.807, 2.05) is 6.92 Å². The number of nitrogens with one attached hydrogen (secondary N) is 1. The summed E-state index contributed by atoms with van der Waals surface area (Å²) in [5.41, 5.74) is 3.69. The lowest BCUT2D eigenvalue weighted by molar-refractivity contribution is -0.131. The summed E-state index contributed by atoms with van der Waals surface area (Å²) in [6.07, 6.45) is 3.55. The minimum atomic E-state index is -0.986. The van der Waals surface area contributed by atoms with Crippen molar-refractivity contribution in [2.45, 2.75) is 32.9 Å². The van der Waals surface area contributed by atoms with Crippen molar-refractivity contribution in [2.75, 3.05) is 6.54 Å². The molecule has 1 aliphatic heterocycles. The fourth-order valence-electron chi connectivity index (χ4n) is 3.79. The van der Waals surface area contributed by atoms with Gasteiger partial charge in [0.2, 0.25) is 5.91 Å². The number of benzene rings is 1. The SMILES string of the molecule is Cc1ncc2c(c1CNC(=O)c1ccco1)CCN(C(=O)Cc1cccc(F)c1F)C2. The summed E-state index contributed by atoms with van der Waals surface area (Å²) in [6, 6.07) is 7.07. The van der Waals surface area contributed by atoms with Gasteiger partial charge >= 0.3 is 0 Å². The molecule has 0 saturated carbocycles. The number of fused-ring (bicyclic) bond motifs is 1. The van der Waals surface area contributed by atoms with Gasteiger partial charge in [-0.1, -0.05) is 12.1 Å². The summed E-state index contributed by atoms with van der Waals surface area (Å²) < 4.78 is 32.5. The number of furan rings is 1. The molecule has 160 valence electrons. The van der Waals surface area contributed by atoms with Gasteiger partial charge < -0.3 is 14.6 Å². The Morgan fingerprint density at radius 2 is 2.06 bits per heavy atom. The van der Waals surface area contributed by atoms with Gasteiger partial charge in [-0.2, -0.15) is 0 Å². The molecule has 3 heterocycles. The minimum absolute atomic E-state index is 0.0409. The third-order valence-corrected chi connectivity index (χ3v) is 5.49. The maximum atomic E-state index is 13.9. The minimum Gasteiger partial charge on any atom is -0.459 e. The molecule has 4 rings (SSSR count). The van der Waals surface area contributed by atoms with Crippen molar-refractivity contribution in [1.82, 2.24) is 15.2 Å². The van der Waals surface area contributed by atoms with Crippen molar-refractivity contribution >= 4 is 11.8 Å². The van der Waals surface area contributed by atoms with Crippen molar-refractivity contribution < 1.29 is 22.8 Å². The van der Waals surface area contributed by atoms with Crippen LogP contribution in [0.5, 0.6) is 0 Å². The van der Waals surface area contributed by atoms with Crippen LogP contribution < -0.4 is 5.32 Å². The first-order chi connectivity index (χ1) is 14.9. The number of aryl methyl sites for hydroxylation is 1. The van der Waals surface area contributed by atoms with Gasteiger partial charge in [0.05, 0.1) is 12.7 Å². The number of halogens is 2. The van der Waals surface area contributed by atoms with Gasteiger partial charge in [-0.3, -0.25) is 14.6 Å². The fourth-order valence-corrected chi connectivity index (χ4v) is 3.79. The summed E-state index contributed by atoms with van der Waals surface area (Å²) in [5.74, 6) is -2.30. The van der Waals surface area contributed by atoms with Crippen LogP contribution >= 0.6 is 0 Å². The van der Waals surface area contributed by atoms with Crippen LogP contribution in [0.15, 0.2) is 47.2 Å². The van der Waals surface area contributed by atoms with Gasteiger partial charge in [-0.15, -0.1) is 0 Å². The zero-order valence-corrected chi connectivity index (χ0v) is 17.0. The molecule has 6 nitrogen and oxygen atoms in total. The smallest absolute Gasteiger partial charge is 0.287 e. The molecule has 8 heteroatoms. The second kappa shape index (κ2) is 8.67. The van der Waals surface area contributed by atoms with Crippen molar-refractivity contribution in [3.05, 3.63) is 88.1 Å². The highest BCUT2D eigenvalue weighted by atomic mass is 19.2. The number of carbonyl (C=O) groups excluding carboxylic acids is 2. The van der Waals surface area contributed by atoms with Crippen LogP contribution in [-0.2, 0) is 30.7 Å². The Hall–Kier alpha value is -3.55. The van der Waals surface area contributed by atoms with Crippen LogP contribution in [0.3, 0.4) is 0 Å². The molecule has 0 fully saturated rings. The van der Waals surface area contributed by atoms with E-state index >= 15 is 0 Å². The summed E-state index contributed by atoms with van der Waals surface area (Å²) in [5, 5.41) is 2.84. The van der Waals surface area contributed by atoms with Gasteiger partial charge in [0.25, 0.3) is 5.91 Å². The Bertz CT molecular complexity index is 1130. The lowest BCUT2D eigenvalue weighted by Gasteiger charge is -2.30. The van der Waals surface area contributed by atoms with Crippen molar-refractivity contribution in [3.63, 3.8) is 0 Å². The number of aromatic nitrogens is 1. The van der Waals surface area contributed by atoms with E-state index in [2.05, 4.69) is 10.3 Å². The molecule has 0 spiro atoms. The lowest BCUT2D eigenvalue weighted by atomic mass is 9.94. The van der Waals surface area contributed by atoms with Crippen LogP contribution in [0.1, 0.15) is 38.5 Å². The first kappa shape index (κ1) is 20.7. The van der Waals surface area contributed by atoms with E-state index in [9.17, 15) is 18.4 Å². The molecule has 1 aromatic carbocycles. The summed E-state index contributed by atoms with van der Waals surface area (Å²) in [7, 11) is 0. The van der Waals surface area contributed by atoms with Crippen molar-refractivity contribution in [1.29, 1.82) is 0 Å². The normalized spacial score (nSPS) is 13.1. The predicted octanol–water partition coefficient (Wildman–Crippen LogP) is 3.32. The quantitative estimate of drug-likeness (QED) is 0.681. The monoisotopic (exact) mass is 425 g/mol. The van der Waals surface area contributed by atoms with Crippen LogP contribution in [0.2, 0.25) is 0 Å². The third kappa shape index (κ3) is 4.33. The van der Waals surface area contributed by atoms with E-state index < -0.39 is 11.6 Å². The first-order valence-corrected chi connectivity index (χ1v) is 9.92. The predicted molar refractivity (Wildman–Crippen MR) is 108 cm³/mol. The highest BCUT2D eigenvalue weighted by Crippen LogP contribution is 2.25.